The number of aromatic nitrogens is 1. The van der Waals surface area contributed by atoms with Gasteiger partial charge in [-0.15, -0.1) is 0 Å². The van der Waals surface area contributed by atoms with Gasteiger partial charge in [-0.05, 0) is 55.3 Å². The monoisotopic (exact) mass is 367 g/mol. The number of hydrogen-bond acceptors (Lipinski definition) is 4. The van der Waals surface area contributed by atoms with Crippen LogP contribution in [0.15, 0.2) is 35.1 Å². The van der Waals surface area contributed by atoms with E-state index in [1.54, 1.807) is 11.1 Å². The fourth-order valence-electron chi connectivity index (χ4n) is 2.25. The molecule has 2 rings (SSSR count). The molecule has 1 N–H and O–H groups in total. The van der Waals surface area contributed by atoms with Crippen molar-refractivity contribution in [2.45, 2.75) is 32.8 Å². The minimum absolute atomic E-state index is 0.206. The molecule has 1 unspecified atom stereocenters. The summed E-state index contributed by atoms with van der Waals surface area (Å²) in [7, 11) is 0. The second-order valence-corrected chi connectivity index (χ2v) is 7.34. The van der Waals surface area contributed by atoms with Crippen molar-refractivity contribution < 1.29 is 9.53 Å². The lowest BCUT2D eigenvalue weighted by Gasteiger charge is -2.24. The third-order valence-corrected chi connectivity index (χ3v) is 3.82. The van der Waals surface area contributed by atoms with Gasteiger partial charge in [0.25, 0.3) is 0 Å². The minimum Gasteiger partial charge on any atom is -0.444 e. The number of pyridine rings is 1. The molecule has 1 aromatic heterocycles. The Kier molecular flexibility index (Phi) is 5.11. The van der Waals surface area contributed by atoms with Crippen LogP contribution in [0.25, 0.3) is 0 Å². The van der Waals surface area contributed by atoms with Crippen molar-refractivity contribution in [2.75, 3.05) is 18.4 Å². The lowest BCUT2D eigenvalue weighted by molar-refractivity contribution is 0.0290. The molecule has 1 saturated heterocycles. The van der Waals surface area contributed by atoms with Crippen LogP contribution in [0.5, 0.6) is 0 Å². The Labute approximate surface area is 139 Å². The first kappa shape index (κ1) is 16.8. The van der Waals surface area contributed by atoms with E-state index in [9.17, 15) is 4.79 Å². The van der Waals surface area contributed by atoms with Crippen LogP contribution in [0.1, 0.15) is 27.2 Å². The largest absolute Gasteiger partial charge is 0.444 e. The third kappa shape index (κ3) is 4.73. The highest BCUT2D eigenvalue weighted by molar-refractivity contribution is 9.10. The number of carbonyl (C=O) groups is 1. The number of ether oxygens (including phenoxy) is 1. The number of amides is 1. The van der Waals surface area contributed by atoms with Crippen LogP contribution in [0, 0.1) is 5.92 Å². The molecule has 1 aliphatic rings. The first-order chi connectivity index (χ1) is 10.2. The maximum Gasteiger partial charge on any atom is 0.410 e. The average molecular weight is 368 g/mol. The molecule has 1 amide bonds. The molecular weight excluding hydrogens is 346 g/mol. The molecule has 0 aromatic carbocycles. The van der Waals surface area contributed by atoms with Crippen LogP contribution < -0.4 is 5.32 Å². The zero-order valence-corrected chi connectivity index (χ0v) is 14.8. The molecule has 1 atom stereocenters. The van der Waals surface area contributed by atoms with Crippen molar-refractivity contribution in [3.05, 3.63) is 35.1 Å². The normalized spacial score (nSPS) is 18.2. The number of hydrogen-bond donors (Lipinski definition) is 1. The number of rotatable bonds is 3. The third-order valence-electron chi connectivity index (χ3n) is 3.35. The number of halogens is 1. The molecule has 0 spiro atoms. The van der Waals surface area contributed by atoms with Crippen molar-refractivity contribution in [3.63, 3.8) is 0 Å². The predicted octanol–water partition coefficient (Wildman–Crippen LogP) is 4.03. The van der Waals surface area contributed by atoms with Crippen LogP contribution in [0.2, 0.25) is 0 Å². The maximum atomic E-state index is 12.1. The fraction of sp³-hybridized carbons (Fsp3) is 0.500. The van der Waals surface area contributed by atoms with Gasteiger partial charge in [0, 0.05) is 35.4 Å². The highest BCUT2D eigenvalue weighted by atomic mass is 79.9. The van der Waals surface area contributed by atoms with E-state index in [-0.39, 0.29) is 12.0 Å². The first-order valence-corrected chi connectivity index (χ1v) is 8.09. The van der Waals surface area contributed by atoms with Gasteiger partial charge in [0.05, 0.1) is 0 Å². The Morgan fingerprint density at radius 1 is 1.50 bits per heavy atom. The van der Waals surface area contributed by atoms with Gasteiger partial charge in [0.2, 0.25) is 0 Å². The van der Waals surface area contributed by atoms with Crippen molar-refractivity contribution in [2.24, 2.45) is 5.92 Å². The molecule has 1 aromatic rings. The summed E-state index contributed by atoms with van der Waals surface area (Å²) in [5.41, 5.74) is 0.409. The van der Waals surface area contributed by atoms with Crippen LogP contribution in [-0.4, -0.2) is 34.7 Å². The first-order valence-electron chi connectivity index (χ1n) is 7.30. The van der Waals surface area contributed by atoms with E-state index in [0.29, 0.717) is 13.1 Å². The highest BCUT2D eigenvalue weighted by Gasteiger charge is 2.31. The van der Waals surface area contributed by atoms with Gasteiger partial charge in [0.1, 0.15) is 11.4 Å². The summed E-state index contributed by atoms with van der Waals surface area (Å²) in [4.78, 5) is 18.1. The van der Waals surface area contributed by atoms with Crippen LogP contribution >= 0.6 is 15.9 Å². The summed E-state index contributed by atoms with van der Waals surface area (Å²) in [6, 6.07) is 3.81. The summed E-state index contributed by atoms with van der Waals surface area (Å²) in [6.45, 7) is 11.0. The zero-order chi connectivity index (χ0) is 16.3. The van der Waals surface area contributed by atoms with Gasteiger partial charge < -0.3 is 15.0 Å². The number of nitrogens with one attached hydrogen (secondary N) is 1. The van der Waals surface area contributed by atoms with Crippen molar-refractivity contribution in [3.8, 4) is 0 Å². The van der Waals surface area contributed by atoms with E-state index in [4.69, 9.17) is 4.74 Å². The van der Waals surface area contributed by atoms with E-state index in [0.717, 1.165) is 22.4 Å². The SMILES string of the molecule is C=C(Nc1ccc(Br)cn1)C1CCN(C(=O)OC(C)(C)C)C1. The van der Waals surface area contributed by atoms with Gasteiger partial charge in [-0.1, -0.05) is 6.58 Å². The Balaban J connectivity index is 1.88. The van der Waals surface area contributed by atoms with E-state index < -0.39 is 5.60 Å². The number of likely N-dealkylation sites (tertiary alicyclic amines) is 1. The average Bonchev–Trinajstić information content (AvgIpc) is 2.89. The molecule has 22 heavy (non-hydrogen) atoms. The summed E-state index contributed by atoms with van der Waals surface area (Å²) < 4.78 is 6.33. The minimum atomic E-state index is -0.466. The Bertz CT molecular complexity index is 552. The molecule has 2 heterocycles. The van der Waals surface area contributed by atoms with Gasteiger partial charge >= 0.3 is 6.09 Å². The number of carbonyl (C=O) groups excluding carboxylic acids is 1. The maximum absolute atomic E-state index is 12.1. The fourth-order valence-corrected chi connectivity index (χ4v) is 2.49. The topological polar surface area (TPSA) is 54.5 Å². The Morgan fingerprint density at radius 3 is 2.82 bits per heavy atom. The van der Waals surface area contributed by atoms with E-state index in [1.165, 1.54) is 0 Å². The molecule has 0 aliphatic carbocycles. The Hall–Kier alpha value is -1.56. The van der Waals surface area contributed by atoms with Gasteiger partial charge in [-0.2, -0.15) is 0 Å². The van der Waals surface area contributed by atoms with Gasteiger partial charge in [0.15, 0.2) is 0 Å². The molecule has 0 saturated carbocycles. The smallest absolute Gasteiger partial charge is 0.410 e. The van der Waals surface area contributed by atoms with Crippen LogP contribution in [0.4, 0.5) is 10.6 Å². The number of anilines is 1. The second kappa shape index (κ2) is 6.69. The summed E-state index contributed by atoms with van der Waals surface area (Å²) >= 11 is 3.35. The lowest BCUT2D eigenvalue weighted by atomic mass is 10.1. The standard InChI is InChI=1S/C16H22BrN3O2/c1-11(19-14-6-5-13(17)9-18-14)12-7-8-20(10-12)15(21)22-16(2,3)4/h5-6,9,12H,1,7-8,10H2,2-4H3,(H,18,19). The summed E-state index contributed by atoms with van der Waals surface area (Å²) in [6.07, 6.45) is 2.35. The summed E-state index contributed by atoms with van der Waals surface area (Å²) in [5.74, 6) is 0.960. The Morgan fingerprint density at radius 2 is 2.23 bits per heavy atom. The van der Waals surface area contributed by atoms with Crippen molar-refractivity contribution in [1.29, 1.82) is 0 Å². The molecule has 0 radical (unpaired) electrons. The number of nitrogens with zero attached hydrogens (tertiary/aromatic N) is 2. The van der Waals surface area contributed by atoms with Crippen LogP contribution in [0.3, 0.4) is 0 Å². The van der Waals surface area contributed by atoms with E-state index >= 15 is 0 Å². The molecule has 0 bridgehead atoms. The summed E-state index contributed by atoms with van der Waals surface area (Å²) in [5, 5.41) is 3.21. The second-order valence-electron chi connectivity index (χ2n) is 6.42. The van der Waals surface area contributed by atoms with Gasteiger partial charge in [-0.25, -0.2) is 9.78 Å². The molecule has 1 fully saturated rings. The van der Waals surface area contributed by atoms with Crippen molar-refractivity contribution >= 4 is 27.8 Å². The molecular formula is C16H22BrN3O2. The zero-order valence-electron chi connectivity index (χ0n) is 13.2. The predicted molar refractivity (Wildman–Crippen MR) is 90.6 cm³/mol. The molecule has 120 valence electrons. The van der Waals surface area contributed by atoms with Crippen molar-refractivity contribution in [1.82, 2.24) is 9.88 Å². The quantitative estimate of drug-likeness (QED) is 0.875. The lowest BCUT2D eigenvalue weighted by Crippen LogP contribution is -2.35. The molecule has 6 heteroatoms. The highest BCUT2D eigenvalue weighted by Crippen LogP contribution is 2.25. The van der Waals surface area contributed by atoms with E-state index in [2.05, 4.69) is 32.8 Å². The van der Waals surface area contributed by atoms with Crippen LogP contribution in [-0.2, 0) is 4.74 Å². The van der Waals surface area contributed by atoms with E-state index in [1.807, 2.05) is 32.9 Å². The molecule has 1 aliphatic heterocycles. The molecule has 5 nitrogen and oxygen atoms in total. The van der Waals surface area contributed by atoms with Gasteiger partial charge in [-0.3, -0.25) is 0 Å².